The average molecular weight is 188 g/mol. The molecule has 0 radical (unpaired) electrons. The van der Waals surface area contributed by atoms with Crippen LogP contribution in [0.2, 0.25) is 0 Å². The van der Waals surface area contributed by atoms with Crippen LogP contribution >= 0.6 is 0 Å². The molecule has 0 spiro atoms. The maximum absolute atomic E-state index is 13.1. The van der Waals surface area contributed by atoms with Crippen LogP contribution in [-0.2, 0) is 0 Å². The fourth-order valence-corrected chi connectivity index (χ4v) is 4.23. The summed E-state index contributed by atoms with van der Waals surface area (Å²) in [5, 5.41) is 0. The molecule has 2 fully saturated rings. The van der Waals surface area contributed by atoms with Crippen molar-refractivity contribution in [2.45, 2.75) is 31.1 Å². The summed E-state index contributed by atoms with van der Waals surface area (Å²) in [6.45, 7) is 0. The van der Waals surface area contributed by atoms with Crippen LogP contribution in [0.5, 0.6) is 0 Å². The Labute approximate surface area is 83.1 Å². The molecule has 1 aromatic carbocycles. The fourth-order valence-electron chi connectivity index (χ4n) is 4.23. The van der Waals surface area contributed by atoms with E-state index in [-0.39, 0.29) is 5.82 Å². The fraction of sp³-hybridized carbons (Fsp3) is 0.538. The number of halogens is 1. The molecular weight excluding hydrogens is 175 g/mol. The molecule has 0 N–H and O–H groups in total. The Hall–Kier alpha value is -0.850. The number of hydrogen-bond acceptors (Lipinski definition) is 0. The molecule has 3 aliphatic carbocycles. The zero-order chi connectivity index (χ0) is 9.28. The van der Waals surface area contributed by atoms with E-state index in [1.165, 1.54) is 30.4 Å². The van der Waals surface area contributed by atoms with Gasteiger partial charge in [-0.25, -0.2) is 4.39 Å². The highest BCUT2D eigenvalue weighted by Gasteiger charge is 2.55. The summed E-state index contributed by atoms with van der Waals surface area (Å²) in [6.07, 6.45) is 4.22. The lowest BCUT2D eigenvalue weighted by atomic mass is 9.61. The summed E-state index contributed by atoms with van der Waals surface area (Å²) in [4.78, 5) is 0. The minimum absolute atomic E-state index is 0.0510. The Morgan fingerprint density at radius 2 is 1.71 bits per heavy atom. The molecule has 1 aromatic rings. The topological polar surface area (TPSA) is 0 Å². The van der Waals surface area contributed by atoms with Gasteiger partial charge in [0.1, 0.15) is 5.82 Å². The molecule has 72 valence electrons. The third-order valence-corrected chi connectivity index (χ3v) is 4.68. The second-order valence-electron chi connectivity index (χ2n) is 5.16. The van der Waals surface area contributed by atoms with Crippen molar-refractivity contribution in [1.82, 2.24) is 0 Å². The van der Waals surface area contributed by atoms with Crippen LogP contribution in [0.15, 0.2) is 18.2 Å². The first kappa shape index (κ1) is 7.44. The maximum Gasteiger partial charge on any atom is 0.123 e. The van der Waals surface area contributed by atoms with Gasteiger partial charge in [0, 0.05) is 0 Å². The minimum atomic E-state index is -0.0510. The number of benzene rings is 1. The van der Waals surface area contributed by atoms with Gasteiger partial charge in [-0.15, -0.1) is 0 Å². The van der Waals surface area contributed by atoms with Crippen molar-refractivity contribution in [3.63, 3.8) is 0 Å². The molecule has 0 amide bonds. The molecule has 4 rings (SSSR count). The molecule has 0 saturated heterocycles. The highest BCUT2D eigenvalue weighted by atomic mass is 19.1. The van der Waals surface area contributed by atoms with Crippen LogP contribution in [0.3, 0.4) is 0 Å². The van der Waals surface area contributed by atoms with Gasteiger partial charge in [0.25, 0.3) is 0 Å². The second kappa shape index (κ2) is 2.21. The Morgan fingerprint density at radius 1 is 1.00 bits per heavy atom. The lowest BCUT2D eigenvalue weighted by Crippen LogP contribution is -2.29. The zero-order valence-electron chi connectivity index (χ0n) is 8.04. The molecule has 4 unspecified atom stereocenters. The van der Waals surface area contributed by atoms with E-state index in [2.05, 4.69) is 0 Å². The van der Waals surface area contributed by atoms with Gasteiger partial charge in [-0.2, -0.15) is 0 Å². The summed E-state index contributed by atoms with van der Waals surface area (Å²) >= 11 is 0. The standard InChI is InChI=1S/C13H13F/c14-9-3-4-10-11(6-9)13-8-2-1-7(5-8)12(10)13/h3-4,6-8,12-13H,1-2,5H2. The first-order valence-corrected chi connectivity index (χ1v) is 5.64. The lowest BCUT2D eigenvalue weighted by Gasteiger charge is -2.42. The van der Waals surface area contributed by atoms with Gasteiger partial charge < -0.3 is 0 Å². The van der Waals surface area contributed by atoms with E-state index in [4.69, 9.17) is 0 Å². The maximum atomic E-state index is 13.1. The highest BCUT2D eigenvalue weighted by Crippen LogP contribution is 2.67. The van der Waals surface area contributed by atoms with Crippen molar-refractivity contribution in [3.05, 3.63) is 35.1 Å². The minimum Gasteiger partial charge on any atom is -0.207 e. The average Bonchev–Trinajstić information content (AvgIpc) is 2.70. The monoisotopic (exact) mass is 188 g/mol. The summed E-state index contributed by atoms with van der Waals surface area (Å²) in [5.74, 6) is 3.32. The summed E-state index contributed by atoms with van der Waals surface area (Å²) < 4.78 is 13.1. The predicted octanol–water partition coefficient (Wildman–Crippen LogP) is 3.44. The van der Waals surface area contributed by atoms with Gasteiger partial charge in [-0.05, 0) is 66.2 Å². The van der Waals surface area contributed by atoms with E-state index in [0.29, 0.717) is 0 Å². The van der Waals surface area contributed by atoms with Crippen molar-refractivity contribution in [2.75, 3.05) is 0 Å². The first-order valence-electron chi connectivity index (χ1n) is 5.64. The normalized spacial score (nSPS) is 41.8. The summed E-state index contributed by atoms with van der Waals surface area (Å²) in [5.41, 5.74) is 2.80. The van der Waals surface area contributed by atoms with E-state index in [1.54, 1.807) is 12.1 Å². The number of fused-ring (bicyclic) bond motifs is 8. The van der Waals surface area contributed by atoms with Gasteiger partial charge in [-0.3, -0.25) is 0 Å². The molecule has 0 aromatic heterocycles. The Kier molecular flexibility index (Phi) is 1.17. The summed E-state index contributed by atoms with van der Waals surface area (Å²) in [7, 11) is 0. The molecule has 1 heteroatoms. The lowest BCUT2D eigenvalue weighted by molar-refractivity contribution is 0.321. The van der Waals surface area contributed by atoms with Crippen LogP contribution in [0.1, 0.15) is 42.2 Å². The van der Waals surface area contributed by atoms with E-state index in [9.17, 15) is 4.39 Å². The largest absolute Gasteiger partial charge is 0.207 e. The van der Waals surface area contributed by atoms with Crippen LogP contribution in [0, 0.1) is 17.7 Å². The third kappa shape index (κ3) is 0.678. The second-order valence-corrected chi connectivity index (χ2v) is 5.16. The zero-order valence-corrected chi connectivity index (χ0v) is 8.04. The molecular formula is C13H13F. The Balaban J connectivity index is 1.87. The van der Waals surface area contributed by atoms with Crippen LogP contribution in [0.25, 0.3) is 0 Å². The van der Waals surface area contributed by atoms with Crippen molar-refractivity contribution in [2.24, 2.45) is 11.8 Å². The molecule has 2 saturated carbocycles. The van der Waals surface area contributed by atoms with Gasteiger partial charge in [0.05, 0.1) is 0 Å². The molecule has 14 heavy (non-hydrogen) atoms. The van der Waals surface area contributed by atoms with Crippen LogP contribution in [0.4, 0.5) is 4.39 Å². The summed E-state index contributed by atoms with van der Waals surface area (Å²) in [6, 6.07) is 5.42. The molecule has 3 aliphatic rings. The Morgan fingerprint density at radius 3 is 2.50 bits per heavy atom. The molecule has 0 nitrogen and oxygen atoms in total. The van der Waals surface area contributed by atoms with E-state index in [1.807, 2.05) is 6.07 Å². The quantitative estimate of drug-likeness (QED) is 0.585. The molecule has 2 bridgehead atoms. The SMILES string of the molecule is Fc1ccc2c(c1)C1C3CCC(C3)C21. The predicted molar refractivity (Wildman–Crippen MR) is 52.7 cm³/mol. The third-order valence-electron chi connectivity index (χ3n) is 4.68. The highest BCUT2D eigenvalue weighted by molar-refractivity contribution is 5.49. The van der Waals surface area contributed by atoms with Gasteiger partial charge in [0.15, 0.2) is 0 Å². The van der Waals surface area contributed by atoms with Crippen molar-refractivity contribution in [1.29, 1.82) is 0 Å². The molecule has 0 heterocycles. The first-order chi connectivity index (χ1) is 6.84. The van der Waals surface area contributed by atoms with Crippen LogP contribution in [-0.4, -0.2) is 0 Å². The Bertz CT molecular complexity index is 410. The number of rotatable bonds is 0. The van der Waals surface area contributed by atoms with Gasteiger partial charge >= 0.3 is 0 Å². The van der Waals surface area contributed by atoms with E-state index in [0.717, 1.165) is 23.7 Å². The van der Waals surface area contributed by atoms with E-state index >= 15 is 0 Å². The van der Waals surface area contributed by atoms with E-state index < -0.39 is 0 Å². The van der Waals surface area contributed by atoms with Gasteiger partial charge in [-0.1, -0.05) is 6.07 Å². The van der Waals surface area contributed by atoms with Crippen LogP contribution < -0.4 is 0 Å². The molecule has 0 aliphatic heterocycles. The van der Waals surface area contributed by atoms with Crippen molar-refractivity contribution < 1.29 is 4.39 Å². The van der Waals surface area contributed by atoms with Gasteiger partial charge in [0.2, 0.25) is 0 Å². The smallest absolute Gasteiger partial charge is 0.123 e. The van der Waals surface area contributed by atoms with Crippen molar-refractivity contribution >= 4 is 0 Å². The number of hydrogen-bond donors (Lipinski definition) is 0. The van der Waals surface area contributed by atoms with Crippen molar-refractivity contribution in [3.8, 4) is 0 Å². The molecule has 4 atom stereocenters.